The normalized spacial score (nSPS) is 10.2. The Balaban J connectivity index is 2.90. The number of rotatable bonds is 5. The molecule has 0 aromatic heterocycles. The van der Waals surface area contributed by atoms with Crippen LogP contribution in [0.5, 0.6) is 0 Å². The van der Waals surface area contributed by atoms with Crippen molar-refractivity contribution in [2.75, 3.05) is 24.5 Å². The van der Waals surface area contributed by atoms with Crippen LogP contribution < -0.4 is 10.6 Å². The fourth-order valence-corrected chi connectivity index (χ4v) is 1.72. The van der Waals surface area contributed by atoms with Crippen LogP contribution in [0.3, 0.4) is 0 Å². The number of hydrogen-bond donors (Lipinski definition) is 1. The summed E-state index contributed by atoms with van der Waals surface area (Å²) in [5, 5.41) is 0. The molecule has 2 nitrogen and oxygen atoms in total. The van der Waals surface area contributed by atoms with Crippen molar-refractivity contribution in [3.63, 3.8) is 0 Å². The lowest BCUT2D eigenvalue weighted by Crippen LogP contribution is -2.29. The molecule has 0 atom stereocenters. The van der Waals surface area contributed by atoms with Crippen LogP contribution in [0.1, 0.15) is 19.4 Å². The van der Waals surface area contributed by atoms with E-state index in [1.54, 1.807) is 0 Å². The summed E-state index contributed by atoms with van der Waals surface area (Å²) in [6.45, 7) is 7.03. The van der Waals surface area contributed by atoms with E-state index in [2.05, 4.69) is 43.0 Å². The SMILES string of the molecule is CCc1ccccc1N(CC)CCN. The predicted molar refractivity (Wildman–Crippen MR) is 62.8 cm³/mol. The third kappa shape index (κ3) is 2.48. The minimum absolute atomic E-state index is 0.714. The van der Waals surface area contributed by atoms with E-state index >= 15 is 0 Å². The molecule has 0 saturated carbocycles. The second-order valence-electron chi connectivity index (χ2n) is 3.35. The van der Waals surface area contributed by atoms with Crippen molar-refractivity contribution in [1.82, 2.24) is 0 Å². The van der Waals surface area contributed by atoms with Crippen molar-refractivity contribution < 1.29 is 0 Å². The summed E-state index contributed by atoms with van der Waals surface area (Å²) in [6, 6.07) is 8.55. The van der Waals surface area contributed by atoms with Gasteiger partial charge in [0.05, 0.1) is 0 Å². The lowest BCUT2D eigenvalue weighted by molar-refractivity contribution is 0.810. The summed E-state index contributed by atoms with van der Waals surface area (Å²) in [4.78, 5) is 2.33. The topological polar surface area (TPSA) is 29.3 Å². The summed E-state index contributed by atoms with van der Waals surface area (Å²) in [7, 11) is 0. The van der Waals surface area contributed by atoms with Gasteiger partial charge in [0.15, 0.2) is 0 Å². The maximum Gasteiger partial charge on any atom is 0.0398 e. The van der Waals surface area contributed by atoms with E-state index in [0.29, 0.717) is 6.54 Å². The average Bonchev–Trinajstić information content (AvgIpc) is 2.26. The van der Waals surface area contributed by atoms with Gasteiger partial charge in [0.2, 0.25) is 0 Å². The van der Waals surface area contributed by atoms with Gasteiger partial charge in [-0.2, -0.15) is 0 Å². The Morgan fingerprint density at radius 3 is 2.50 bits per heavy atom. The quantitative estimate of drug-likeness (QED) is 0.773. The maximum absolute atomic E-state index is 5.59. The molecule has 14 heavy (non-hydrogen) atoms. The van der Waals surface area contributed by atoms with Crippen LogP contribution in [0.4, 0.5) is 5.69 Å². The van der Waals surface area contributed by atoms with Crippen molar-refractivity contribution in [2.24, 2.45) is 5.73 Å². The molecule has 1 aromatic carbocycles. The van der Waals surface area contributed by atoms with Crippen LogP contribution in [0.15, 0.2) is 24.3 Å². The highest BCUT2D eigenvalue weighted by molar-refractivity contribution is 5.53. The van der Waals surface area contributed by atoms with E-state index in [0.717, 1.165) is 19.5 Å². The van der Waals surface area contributed by atoms with Gasteiger partial charge in [-0.1, -0.05) is 25.1 Å². The fraction of sp³-hybridized carbons (Fsp3) is 0.500. The van der Waals surface area contributed by atoms with E-state index in [9.17, 15) is 0 Å². The number of benzene rings is 1. The zero-order valence-electron chi connectivity index (χ0n) is 9.16. The van der Waals surface area contributed by atoms with Gasteiger partial charge in [0.25, 0.3) is 0 Å². The minimum atomic E-state index is 0.714. The van der Waals surface area contributed by atoms with E-state index in [1.807, 2.05) is 0 Å². The first-order chi connectivity index (χ1) is 6.83. The zero-order chi connectivity index (χ0) is 10.4. The van der Waals surface area contributed by atoms with Crippen molar-refractivity contribution >= 4 is 5.69 Å². The fourth-order valence-electron chi connectivity index (χ4n) is 1.72. The average molecular weight is 192 g/mol. The molecule has 2 heteroatoms. The number of nitrogens with two attached hydrogens (primary N) is 1. The third-order valence-corrected chi connectivity index (χ3v) is 2.49. The number of likely N-dealkylation sites (N-methyl/N-ethyl adjacent to an activating group) is 1. The zero-order valence-corrected chi connectivity index (χ0v) is 9.16. The van der Waals surface area contributed by atoms with Gasteiger partial charge in [0, 0.05) is 25.3 Å². The molecule has 1 aromatic rings. The van der Waals surface area contributed by atoms with Gasteiger partial charge < -0.3 is 10.6 Å². The molecule has 0 radical (unpaired) electrons. The molecule has 0 aliphatic carbocycles. The van der Waals surface area contributed by atoms with E-state index in [4.69, 9.17) is 5.73 Å². The van der Waals surface area contributed by atoms with Crippen LogP contribution in [0.2, 0.25) is 0 Å². The first-order valence-corrected chi connectivity index (χ1v) is 5.36. The molecule has 0 unspecified atom stereocenters. The first-order valence-electron chi connectivity index (χ1n) is 5.36. The van der Waals surface area contributed by atoms with E-state index < -0.39 is 0 Å². The molecule has 0 aliphatic heterocycles. The summed E-state index contributed by atoms with van der Waals surface area (Å²) < 4.78 is 0. The smallest absolute Gasteiger partial charge is 0.0398 e. The van der Waals surface area contributed by atoms with Gasteiger partial charge in [-0.3, -0.25) is 0 Å². The Morgan fingerprint density at radius 2 is 1.93 bits per heavy atom. The molecular weight excluding hydrogens is 172 g/mol. The number of hydrogen-bond acceptors (Lipinski definition) is 2. The lowest BCUT2D eigenvalue weighted by Gasteiger charge is -2.24. The standard InChI is InChI=1S/C12H20N2/c1-3-11-7-5-6-8-12(11)14(4-2)10-9-13/h5-8H,3-4,9-10,13H2,1-2H3. The van der Waals surface area contributed by atoms with E-state index in [1.165, 1.54) is 11.3 Å². The summed E-state index contributed by atoms with van der Waals surface area (Å²) >= 11 is 0. The summed E-state index contributed by atoms with van der Waals surface area (Å²) in [6.07, 6.45) is 1.08. The second kappa shape index (κ2) is 5.66. The second-order valence-corrected chi connectivity index (χ2v) is 3.35. The Hall–Kier alpha value is -1.02. The van der Waals surface area contributed by atoms with Crippen LogP contribution in [0.25, 0.3) is 0 Å². The number of aryl methyl sites for hydroxylation is 1. The third-order valence-electron chi connectivity index (χ3n) is 2.49. The van der Waals surface area contributed by atoms with Crippen LogP contribution in [0, 0.1) is 0 Å². The lowest BCUT2D eigenvalue weighted by atomic mass is 10.1. The molecule has 0 bridgehead atoms. The molecule has 0 amide bonds. The number of nitrogens with zero attached hydrogens (tertiary/aromatic N) is 1. The highest BCUT2D eigenvalue weighted by Crippen LogP contribution is 2.20. The van der Waals surface area contributed by atoms with Gasteiger partial charge in [0.1, 0.15) is 0 Å². The Morgan fingerprint density at radius 1 is 1.21 bits per heavy atom. The largest absolute Gasteiger partial charge is 0.370 e. The van der Waals surface area contributed by atoms with Gasteiger partial charge in [-0.25, -0.2) is 0 Å². The molecule has 0 saturated heterocycles. The molecule has 0 heterocycles. The molecule has 0 aliphatic rings. The molecule has 0 spiro atoms. The summed E-state index contributed by atoms with van der Waals surface area (Å²) in [5.74, 6) is 0. The van der Waals surface area contributed by atoms with Gasteiger partial charge in [-0.15, -0.1) is 0 Å². The van der Waals surface area contributed by atoms with Crippen molar-refractivity contribution in [2.45, 2.75) is 20.3 Å². The highest BCUT2D eigenvalue weighted by atomic mass is 15.1. The molecule has 0 fully saturated rings. The van der Waals surface area contributed by atoms with Crippen LogP contribution >= 0.6 is 0 Å². The number of anilines is 1. The van der Waals surface area contributed by atoms with Crippen LogP contribution in [-0.4, -0.2) is 19.6 Å². The van der Waals surface area contributed by atoms with E-state index in [-0.39, 0.29) is 0 Å². The highest BCUT2D eigenvalue weighted by Gasteiger charge is 2.06. The molecule has 78 valence electrons. The van der Waals surface area contributed by atoms with Gasteiger partial charge >= 0.3 is 0 Å². The molecule has 1 rings (SSSR count). The first kappa shape index (κ1) is 11.1. The Labute approximate surface area is 86.7 Å². The molecule has 2 N–H and O–H groups in total. The minimum Gasteiger partial charge on any atom is -0.370 e. The Kier molecular flexibility index (Phi) is 4.47. The summed E-state index contributed by atoms with van der Waals surface area (Å²) in [5.41, 5.74) is 8.33. The monoisotopic (exact) mass is 192 g/mol. The van der Waals surface area contributed by atoms with Gasteiger partial charge in [-0.05, 0) is 25.0 Å². The van der Waals surface area contributed by atoms with Crippen LogP contribution in [-0.2, 0) is 6.42 Å². The van der Waals surface area contributed by atoms with Crippen molar-refractivity contribution in [3.05, 3.63) is 29.8 Å². The molecular formula is C12H20N2. The van der Waals surface area contributed by atoms with Crippen molar-refractivity contribution in [3.8, 4) is 0 Å². The number of para-hydroxylation sites is 1. The maximum atomic E-state index is 5.59. The predicted octanol–water partition coefficient (Wildman–Crippen LogP) is 2.03. The van der Waals surface area contributed by atoms with Crippen molar-refractivity contribution in [1.29, 1.82) is 0 Å². The Bertz CT molecular complexity index is 271.